The Kier molecular flexibility index (Phi) is 4.39. The molecule has 0 spiro atoms. The predicted octanol–water partition coefficient (Wildman–Crippen LogP) is 1.73. The van der Waals surface area contributed by atoms with E-state index in [1.807, 2.05) is 24.9 Å². The number of nitrogen functional groups attached to an aromatic ring is 1. The summed E-state index contributed by atoms with van der Waals surface area (Å²) in [5.41, 5.74) is 7.56. The van der Waals surface area contributed by atoms with Gasteiger partial charge in [-0.3, -0.25) is 4.90 Å². The number of hydrogen-bond acceptors (Lipinski definition) is 3. The van der Waals surface area contributed by atoms with Crippen molar-refractivity contribution in [2.45, 2.75) is 19.5 Å². The molecule has 0 amide bonds. The van der Waals surface area contributed by atoms with Gasteiger partial charge in [0.2, 0.25) is 0 Å². The summed E-state index contributed by atoms with van der Waals surface area (Å²) in [6.07, 6.45) is 0. The minimum Gasteiger partial charge on any atom is -0.398 e. The van der Waals surface area contributed by atoms with Gasteiger partial charge >= 0.3 is 0 Å². The number of rotatable bonds is 4. The van der Waals surface area contributed by atoms with Crippen LogP contribution in [-0.4, -0.2) is 29.7 Å². The van der Waals surface area contributed by atoms with Crippen molar-refractivity contribution in [2.75, 3.05) is 19.4 Å². The Balaban J connectivity index is 2.75. The molecule has 0 aliphatic rings. The molecule has 0 aromatic heterocycles. The van der Waals surface area contributed by atoms with Gasteiger partial charge < -0.3 is 10.8 Å². The monoisotopic (exact) mass is 228 g/mol. The zero-order chi connectivity index (χ0) is 11.4. The standard InChI is InChI=1S/C11H17ClN2O/c1-8(7-15)14(2)6-9-5-10(12)3-4-11(9)13/h3-5,8,15H,6-7,13H2,1-2H3. The Hall–Kier alpha value is -0.770. The van der Waals surface area contributed by atoms with E-state index in [2.05, 4.69) is 0 Å². The molecule has 0 saturated carbocycles. The average molecular weight is 229 g/mol. The van der Waals surface area contributed by atoms with Gasteiger partial charge in [-0.15, -0.1) is 0 Å². The summed E-state index contributed by atoms with van der Waals surface area (Å²) < 4.78 is 0. The van der Waals surface area contributed by atoms with E-state index in [0.717, 1.165) is 11.3 Å². The summed E-state index contributed by atoms with van der Waals surface area (Å²) in [6.45, 7) is 2.78. The zero-order valence-electron chi connectivity index (χ0n) is 9.07. The third kappa shape index (κ3) is 3.38. The van der Waals surface area contributed by atoms with E-state index < -0.39 is 0 Å². The molecule has 3 N–H and O–H groups in total. The third-order valence-corrected chi connectivity index (χ3v) is 2.78. The third-order valence-electron chi connectivity index (χ3n) is 2.54. The molecule has 0 bridgehead atoms. The highest BCUT2D eigenvalue weighted by molar-refractivity contribution is 6.30. The highest BCUT2D eigenvalue weighted by atomic mass is 35.5. The lowest BCUT2D eigenvalue weighted by molar-refractivity contribution is 0.154. The van der Waals surface area contributed by atoms with Crippen LogP contribution in [0.3, 0.4) is 0 Å². The number of nitrogens with zero attached hydrogens (tertiary/aromatic N) is 1. The first-order valence-corrected chi connectivity index (χ1v) is 5.27. The van der Waals surface area contributed by atoms with Crippen LogP contribution in [0, 0.1) is 0 Å². The Labute approximate surface area is 95.5 Å². The molecule has 3 nitrogen and oxygen atoms in total. The number of aliphatic hydroxyl groups is 1. The molecule has 0 radical (unpaired) electrons. The second-order valence-electron chi connectivity index (χ2n) is 3.79. The molecule has 0 aliphatic carbocycles. The summed E-state index contributed by atoms with van der Waals surface area (Å²) in [5.74, 6) is 0. The number of anilines is 1. The summed E-state index contributed by atoms with van der Waals surface area (Å²) in [5, 5.41) is 9.69. The first kappa shape index (κ1) is 12.3. The van der Waals surface area contributed by atoms with Crippen molar-refractivity contribution in [1.82, 2.24) is 4.90 Å². The molecule has 15 heavy (non-hydrogen) atoms. The molecule has 4 heteroatoms. The number of aliphatic hydroxyl groups excluding tert-OH is 1. The molecule has 0 aliphatic heterocycles. The highest BCUT2D eigenvalue weighted by Crippen LogP contribution is 2.19. The van der Waals surface area contributed by atoms with Crippen LogP contribution in [0.2, 0.25) is 5.02 Å². The fourth-order valence-electron chi connectivity index (χ4n) is 1.28. The molecule has 1 aromatic rings. The Morgan fingerprint density at radius 2 is 2.20 bits per heavy atom. The second-order valence-corrected chi connectivity index (χ2v) is 4.23. The van der Waals surface area contributed by atoms with Crippen molar-refractivity contribution >= 4 is 17.3 Å². The first-order valence-electron chi connectivity index (χ1n) is 4.89. The molecule has 1 rings (SSSR count). The van der Waals surface area contributed by atoms with Gasteiger partial charge in [0.05, 0.1) is 6.61 Å². The van der Waals surface area contributed by atoms with Crippen LogP contribution in [0.4, 0.5) is 5.69 Å². The molecule has 1 atom stereocenters. The predicted molar refractivity (Wildman–Crippen MR) is 63.9 cm³/mol. The number of halogens is 1. The van der Waals surface area contributed by atoms with Crippen molar-refractivity contribution in [1.29, 1.82) is 0 Å². The Morgan fingerprint density at radius 3 is 2.80 bits per heavy atom. The summed E-state index contributed by atoms with van der Waals surface area (Å²) in [7, 11) is 1.95. The molecular formula is C11H17ClN2O. The summed E-state index contributed by atoms with van der Waals surface area (Å²) in [6, 6.07) is 5.55. The SMILES string of the molecule is CC(CO)N(C)Cc1cc(Cl)ccc1N. The number of nitrogens with two attached hydrogens (primary N) is 1. The maximum Gasteiger partial charge on any atom is 0.0584 e. The van der Waals surface area contributed by atoms with Gasteiger partial charge in [-0.1, -0.05) is 11.6 Å². The average Bonchev–Trinajstić information content (AvgIpc) is 2.22. The van der Waals surface area contributed by atoms with Crippen LogP contribution in [0.25, 0.3) is 0 Å². The largest absolute Gasteiger partial charge is 0.398 e. The van der Waals surface area contributed by atoms with Crippen LogP contribution in [-0.2, 0) is 6.54 Å². The lowest BCUT2D eigenvalue weighted by Gasteiger charge is -2.23. The van der Waals surface area contributed by atoms with Crippen molar-refractivity contribution in [2.24, 2.45) is 0 Å². The fourth-order valence-corrected chi connectivity index (χ4v) is 1.47. The number of hydrogen-bond donors (Lipinski definition) is 2. The van der Waals surface area contributed by atoms with Gasteiger partial charge in [-0.2, -0.15) is 0 Å². The lowest BCUT2D eigenvalue weighted by atomic mass is 10.1. The molecular weight excluding hydrogens is 212 g/mol. The highest BCUT2D eigenvalue weighted by Gasteiger charge is 2.10. The molecule has 1 aromatic carbocycles. The van der Waals surface area contributed by atoms with Crippen LogP contribution in [0.5, 0.6) is 0 Å². The molecule has 0 heterocycles. The Morgan fingerprint density at radius 1 is 1.53 bits per heavy atom. The smallest absolute Gasteiger partial charge is 0.0584 e. The van der Waals surface area contributed by atoms with E-state index in [4.69, 9.17) is 22.4 Å². The normalized spacial score (nSPS) is 13.1. The summed E-state index contributed by atoms with van der Waals surface area (Å²) >= 11 is 5.89. The molecule has 0 fully saturated rings. The van der Waals surface area contributed by atoms with E-state index in [1.54, 1.807) is 12.1 Å². The maximum atomic E-state index is 9.01. The van der Waals surface area contributed by atoms with Crippen molar-refractivity contribution in [3.8, 4) is 0 Å². The van der Waals surface area contributed by atoms with Gasteiger partial charge in [-0.25, -0.2) is 0 Å². The van der Waals surface area contributed by atoms with E-state index in [0.29, 0.717) is 11.6 Å². The number of likely N-dealkylation sites (N-methyl/N-ethyl adjacent to an activating group) is 1. The lowest BCUT2D eigenvalue weighted by Crippen LogP contribution is -2.31. The van der Waals surface area contributed by atoms with Gasteiger partial charge in [-0.05, 0) is 37.7 Å². The first-order chi connectivity index (χ1) is 7.04. The minimum atomic E-state index is 0.114. The van der Waals surface area contributed by atoms with E-state index in [1.165, 1.54) is 0 Å². The van der Waals surface area contributed by atoms with Crippen molar-refractivity contribution < 1.29 is 5.11 Å². The van der Waals surface area contributed by atoms with Crippen molar-refractivity contribution in [3.05, 3.63) is 28.8 Å². The van der Waals surface area contributed by atoms with Crippen molar-refractivity contribution in [3.63, 3.8) is 0 Å². The number of benzene rings is 1. The minimum absolute atomic E-state index is 0.114. The van der Waals surface area contributed by atoms with Gasteiger partial charge in [0.15, 0.2) is 0 Å². The van der Waals surface area contributed by atoms with Crippen LogP contribution in [0.15, 0.2) is 18.2 Å². The van der Waals surface area contributed by atoms with Crippen LogP contribution in [0.1, 0.15) is 12.5 Å². The van der Waals surface area contributed by atoms with E-state index in [9.17, 15) is 0 Å². The topological polar surface area (TPSA) is 49.5 Å². The molecule has 1 unspecified atom stereocenters. The second kappa shape index (κ2) is 5.35. The van der Waals surface area contributed by atoms with Gasteiger partial charge in [0.25, 0.3) is 0 Å². The van der Waals surface area contributed by atoms with Crippen LogP contribution < -0.4 is 5.73 Å². The summed E-state index contributed by atoms with van der Waals surface area (Å²) in [4.78, 5) is 2.03. The Bertz CT molecular complexity index is 330. The molecule has 0 saturated heterocycles. The van der Waals surface area contributed by atoms with Gasteiger partial charge in [0, 0.05) is 23.3 Å². The zero-order valence-corrected chi connectivity index (χ0v) is 9.83. The maximum absolute atomic E-state index is 9.01. The van der Waals surface area contributed by atoms with Crippen LogP contribution >= 0.6 is 11.6 Å². The molecule has 84 valence electrons. The van der Waals surface area contributed by atoms with E-state index >= 15 is 0 Å². The van der Waals surface area contributed by atoms with Gasteiger partial charge in [0.1, 0.15) is 0 Å². The van der Waals surface area contributed by atoms with E-state index in [-0.39, 0.29) is 12.6 Å². The quantitative estimate of drug-likeness (QED) is 0.772. The fraction of sp³-hybridized carbons (Fsp3) is 0.455.